The Bertz CT molecular complexity index is 370. The standard InChI is InChI=1S/C14H22N2O/c1-9(2)11-5-4-10(3)6-12(11)14(17)13-7-15-8-16-13/h7-12H,4-6H2,1-3H3,(H,15,16). The van der Waals surface area contributed by atoms with Crippen molar-refractivity contribution >= 4 is 5.78 Å². The van der Waals surface area contributed by atoms with E-state index in [9.17, 15) is 4.79 Å². The van der Waals surface area contributed by atoms with Gasteiger partial charge in [0.15, 0.2) is 5.78 Å². The van der Waals surface area contributed by atoms with Gasteiger partial charge in [-0.2, -0.15) is 0 Å². The first-order valence-corrected chi connectivity index (χ1v) is 6.62. The number of rotatable bonds is 3. The Hall–Kier alpha value is -1.12. The number of Topliss-reactive ketones (excluding diaryl/α,β-unsaturated/α-hetero) is 1. The molecule has 0 amide bonds. The number of imidazole rings is 1. The molecule has 0 bridgehead atoms. The minimum absolute atomic E-state index is 0.180. The second-order valence-electron chi connectivity index (χ2n) is 5.76. The first-order valence-electron chi connectivity index (χ1n) is 6.62. The van der Waals surface area contributed by atoms with Crippen LogP contribution >= 0.6 is 0 Å². The summed E-state index contributed by atoms with van der Waals surface area (Å²) in [5.41, 5.74) is 0.676. The van der Waals surface area contributed by atoms with Gasteiger partial charge in [-0.15, -0.1) is 0 Å². The van der Waals surface area contributed by atoms with Gasteiger partial charge in [-0.3, -0.25) is 4.79 Å². The molecule has 3 atom stereocenters. The highest BCUT2D eigenvalue weighted by Crippen LogP contribution is 2.39. The molecule has 0 spiro atoms. The molecule has 1 aromatic rings. The topological polar surface area (TPSA) is 45.8 Å². The third kappa shape index (κ3) is 2.59. The highest BCUT2D eigenvalue weighted by atomic mass is 16.1. The van der Waals surface area contributed by atoms with Crippen LogP contribution in [0.4, 0.5) is 0 Å². The van der Waals surface area contributed by atoms with Crippen molar-refractivity contribution in [1.82, 2.24) is 9.97 Å². The molecule has 0 saturated heterocycles. The van der Waals surface area contributed by atoms with Crippen molar-refractivity contribution in [3.8, 4) is 0 Å². The predicted octanol–water partition coefficient (Wildman–Crippen LogP) is 3.30. The minimum Gasteiger partial charge on any atom is -0.342 e. The maximum absolute atomic E-state index is 12.4. The first-order chi connectivity index (χ1) is 8.09. The van der Waals surface area contributed by atoms with E-state index in [0.717, 1.165) is 6.42 Å². The van der Waals surface area contributed by atoms with E-state index in [1.54, 1.807) is 12.5 Å². The molecule has 1 aliphatic rings. The van der Waals surface area contributed by atoms with E-state index < -0.39 is 0 Å². The fraction of sp³-hybridized carbons (Fsp3) is 0.714. The van der Waals surface area contributed by atoms with Crippen molar-refractivity contribution in [3.05, 3.63) is 18.2 Å². The molecule has 17 heavy (non-hydrogen) atoms. The highest BCUT2D eigenvalue weighted by molar-refractivity contribution is 5.96. The van der Waals surface area contributed by atoms with Crippen LogP contribution in [0.1, 0.15) is 50.5 Å². The molecule has 1 N–H and O–H groups in total. The van der Waals surface area contributed by atoms with Crippen LogP contribution in [0, 0.1) is 23.7 Å². The Kier molecular flexibility index (Phi) is 3.65. The van der Waals surface area contributed by atoms with Gasteiger partial charge in [0.05, 0.1) is 12.5 Å². The number of aromatic nitrogens is 2. The molecule has 0 radical (unpaired) electrons. The lowest BCUT2D eigenvalue weighted by Crippen LogP contribution is -2.33. The number of carbonyl (C=O) groups excluding carboxylic acids is 1. The first kappa shape index (κ1) is 12.3. The summed E-state index contributed by atoms with van der Waals surface area (Å²) in [7, 11) is 0. The Balaban J connectivity index is 2.17. The number of nitrogens with one attached hydrogen (secondary N) is 1. The monoisotopic (exact) mass is 234 g/mol. The average molecular weight is 234 g/mol. The van der Waals surface area contributed by atoms with Gasteiger partial charge in [0, 0.05) is 5.92 Å². The van der Waals surface area contributed by atoms with Gasteiger partial charge in [-0.1, -0.05) is 27.2 Å². The summed E-state index contributed by atoms with van der Waals surface area (Å²) in [6.07, 6.45) is 6.71. The number of hydrogen-bond acceptors (Lipinski definition) is 2. The number of ketones is 1. The highest BCUT2D eigenvalue weighted by Gasteiger charge is 2.36. The van der Waals surface area contributed by atoms with E-state index in [2.05, 4.69) is 30.7 Å². The summed E-state index contributed by atoms with van der Waals surface area (Å²) in [5.74, 6) is 2.22. The van der Waals surface area contributed by atoms with Crippen LogP contribution in [0.3, 0.4) is 0 Å². The van der Waals surface area contributed by atoms with Crippen molar-refractivity contribution in [1.29, 1.82) is 0 Å². The summed E-state index contributed by atoms with van der Waals surface area (Å²) in [4.78, 5) is 19.3. The lowest BCUT2D eigenvalue weighted by Gasteiger charge is -2.36. The third-order valence-corrected chi connectivity index (χ3v) is 4.12. The fourth-order valence-corrected chi connectivity index (χ4v) is 3.09. The molecule has 2 rings (SSSR count). The summed E-state index contributed by atoms with van der Waals surface area (Å²) in [6.45, 7) is 6.71. The molecule has 94 valence electrons. The van der Waals surface area contributed by atoms with E-state index >= 15 is 0 Å². The Labute approximate surface area is 103 Å². The Morgan fingerprint density at radius 1 is 1.47 bits per heavy atom. The zero-order valence-corrected chi connectivity index (χ0v) is 10.9. The van der Waals surface area contributed by atoms with Crippen molar-refractivity contribution < 1.29 is 4.79 Å². The van der Waals surface area contributed by atoms with E-state index in [-0.39, 0.29) is 11.7 Å². The summed E-state index contributed by atoms with van der Waals surface area (Å²) in [5, 5.41) is 0. The van der Waals surface area contributed by atoms with E-state index in [1.165, 1.54) is 12.8 Å². The van der Waals surface area contributed by atoms with Gasteiger partial charge in [0.2, 0.25) is 0 Å². The molecule has 3 heteroatoms. The van der Waals surface area contributed by atoms with Gasteiger partial charge < -0.3 is 4.98 Å². The zero-order valence-electron chi connectivity index (χ0n) is 10.9. The normalized spacial score (nSPS) is 29.5. The zero-order chi connectivity index (χ0) is 12.4. The van der Waals surface area contributed by atoms with Crippen molar-refractivity contribution in [3.63, 3.8) is 0 Å². The number of carbonyl (C=O) groups is 1. The van der Waals surface area contributed by atoms with Gasteiger partial charge >= 0.3 is 0 Å². The SMILES string of the molecule is CC1CCC(C(C)C)C(C(=O)c2cnc[nH]2)C1. The van der Waals surface area contributed by atoms with Crippen LogP contribution in [0.2, 0.25) is 0 Å². The van der Waals surface area contributed by atoms with Gasteiger partial charge in [-0.25, -0.2) is 4.98 Å². The molecule has 0 aromatic carbocycles. The van der Waals surface area contributed by atoms with E-state index in [1.807, 2.05) is 0 Å². The van der Waals surface area contributed by atoms with Crippen LogP contribution in [-0.2, 0) is 0 Å². The molecule has 1 saturated carbocycles. The van der Waals surface area contributed by atoms with Crippen molar-refractivity contribution in [2.75, 3.05) is 0 Å². The smallest absolute Gasteiger partial charge is 0.183 e. The van der Waals surface area contributed by atoms with Gasteiger partial charge in [0.1, 0.15) is 5.69 Å². The second kappa shape index (κ2) is 5.03. The second-order valence-corrected chi connectivity index (χ2v) is 5.76. The van der Waals surface area contributed by atoms with E-state index in [4.69, 9.17) is 0 Å². The molecule has 3 nitrogen and oxygen atoms in total. The van der Waals surface area contributed by atoms with Crippen LogP contribution < -0.4 is 0 Å². The maximum atomic E-state index is 12.4. The van der Waals surface area contributed by atoms with Gasteiger partial charge in [0.25, 0.3) is 0 Å². The Morgan fingerprint density at radius 2 is 2.24 bits per heavy atom. The van der Waals surface area contributed by atoms with Crippen LogP contribution in [0.25, 0.3) is 0 Å². The lowest BCUT2D eigenvalue weighted by atomic mass is 9.68. The molecule has 3 unspecified atom stereocenters. The number of aromatic amines is 1. The summed E-state index contributed by atoms with van der Waals surface area (Å²) in [6, 6.07) is 0. The minimum atomic E-state index is 0.180. The fourth-order valence-electron chi connectivity index (χ4n) is 3.09. The Morgan fingerprint density at radius 3 is 2.82 bits per heavy atom. The van der Waals surface area contributed by atoms with Crippen molar-refractivity contribution in [2.45, 2.75) is 40.0 Å². The third-order valence-electron chi connectivity index (χ3n) is 4.12. The van der Waals surface area contributed by atoms with Crippen LogP contribution in [0.5, 0.6) is 0 Å². The van der Waals surface area contributed by atoms with Crippen LogP contribution in [0.15, 0.2) is 12.5 Å². The maximum Gasteiger partial charge on any atom is 0.183 e. The number of H-pyrrole nitrogens is 1. The van der Waals surface area contributed by atoms with E-state index in [0.29, 0.717) is 23.4 Å². The molecule has 1 aliphatic carbocycles. The summed E-state index contributed by atoms with van der Waals surface area (Å²) >= 11 is 0. The molecular formula is C14H22N2O. The molecule has 1 aromatic heterocycles. The molecule has 0 aliphatic heterocycles. The molecule has 1 fully saturated rings. The largest absolute Gasteiger partial charge is 0.342 e. The summed E-state index contributed by atoms with van der Waals surface area (Å²) < 4.78 is 0. The number of nitrogens with zero attached hydrogens (tertiary/aromatic N) is 1. The van der Waals surface area contributed by atoms with Crippen molar-refractivity contribution in [2.24, 2.45) is 23.7 Å². The predicted molar refractivity (Wildman–Crippen MR) is 67.8 cm³/mol. The van der Waals surface area contributed by atoms with Gasteiger partial charge in [-0.05, 0) is 30.6 Å². The molecular weight excluding hydrogens is 212 g/mol. The number of hydrogen-bond donors (Lipinski definition) is 1. The van der Waals surface area contributed by atoms with Crippen LogP contribution in [-0.4, -0.2) is 15.8 Å². The average Bonchev–Trinajstić information content (AvgIpc) is 2.80. The molecule has 1 heterocycles. The quantitative estimate of drug-likeness (QED) is 0.816. The lowest BCUT2D eigenvalue weighted by molar-refractivity contribution is 0.0719.